The molecule has 4 rings (SSSR count). The predicted molar refractivity (Wildman–Crippen MR) is 117 cm³/mol. The van der Waals surface area contributed by atoms with Gasteiger partial charge in [-0.1, -0.05) is 12.1 Å². The Bertz CT molecular complexity index is 930. The van der Waals surface area contributed by atoms with Crippen molar-refractivity contribution in [3.05, 3.63) is 64.1 Å². The summed E-state index contributed by atoms with van der Waals surface area (Å²) < 4.78 is 10.7. The van der Waals surface area contributed by atoms with Crippen molar-refractivity contribution in [3.63, 3.8) is 0 Å². The highest BCUT2D eigenvalue weighted by molar-refractivity contribution is 5.91. The van der Waals surface area contributed by atoms with Crippen LogP contribution in [0.4, 0.5) is 5.69 Å². The van der Waals surface area contributed by atoms with Crippen molar-refractivity contribution in [2.75, 3.05) is 45.9 Å². The Hall–Kier alpha value is -3.40. The maximum absolute atomic E-state index is 12.5. The second kappa shape index (κ2) is 10.3. The first-order chi connectivity index (χ1) is 15.6. The van der Waals surface area contributed by atoms with Crippen molar-refractivity contribution in [3.8, 4) is 0 Å². The van der Waals surface area contributed by atoms with Crippen LogP contribution < -0.4 is 5.32 Å². The van der Waals surface area contributed by atoms with E-state index in [2.05, 4.69) is 10.2 Å². The van der Waals surface area contributed by atoms with Crippen molar-refractivity contribution in [1.82, 2.24) is 15.1 Å². The summed E-state index contributed by atoms with van der Waals surface area (Å²) >= 11 is 0. The van der Waals surface area contributed by atoms with Crippen molar-refractivity contribution in [2.24, 2.45) is 10.9 Å². The van der Waals surface area contributed by atoms with Crippen LogP contribution in [0.5, 0.6) is 0 Å². The van der Waals surface area contributed by atoms with Crippen LogP contribution in [0.25, 0.3) is 0 Å². The van der Waals surface area contributed by atoms with Gasteiger partial charge in [-0.2, -0.15) is 0 Å². The van der Waals surface area contributed by atoms with Crippen LogP contribution in [0, 0.1) is 16.0 Å². The van der Waals surface area contributed by atoms with Crippen molar-refractivity contribution in [1.29, 1.82) is 0 Å². The first-order valence-corrected chi connectivity index (χ1v) is 10.8. The number of nitrogens with one attached hydrogen (secondary N) is 1. The van der Waals surface area contributed by atoms with Gasteiger partial charge in [-0.25, -0.2) is 4.99 Å². The highest BCUT2D eigenvalue weighted by Crippen LogP contribution is 2.15. The van der Waals surface area contributed by atoms with Gasteiger partial charge in [-0.3, -0.25) is 14.9 Å². The molecule has 0 saturated carbocycles. The molecule has 1 aromatic heterocycles. The lowest BCUT2D eigenvalue weighted by Crippen LogP contribution is -2.54. The number of furan rings is 1. The molecule has 2 saturated heterocycles. The van der Waals surface area contributed by atoms with Crippen molar-refractivity contribution in [2.45, 2.75) is 13.0 Å². The molecule has 1 aromatic carbocycles. The SMILES string of the molecule is O=C(c1ccco1)N1CCN(C(=NCc2ccc([N+](=O)[O-])cc2)NCC2CCOC2)CC1. The van der Waals surface area contributed by atoms with E-state index in [0.717, 1.165) is 37.7 Å². The van der Waals surface area contributed by atoms with E-state index < -0.39 is 4.92 Å². The zero-order chi connectivity index (χ0) is 22.3. The molecule has 2 aliphatic rings. The van der Waals surface area contributed by atoms with Gasteiger partial charge >= 0.3 is 0 Å². The molecule has 1 unspecified atom stereocenters. The van der Waals surface area contributed by atoms with Gasteiger partial charge in [-0.15, -0.1) is 0 Å². The number of hydrogen-bond acceptors (Lipinski definition) is 6. The molecule has 2 fully saturated rings. The fraction of sp³-hybridized carbons (Fsp3) is 0.455. The van der Waals surface area contributed by atoms with E-state index in [4.69, 9.17) is 14.1 Å². The molecule has 1 amide bonds. The Kier molecular flexibility index (Phi) is 7.00. The molecule has 0 aliphatic carbocycles. The minimum atomic E-state index is -0.410. The van der Waals surface area contributed by atoms with E-state index in [0.29, 0.717) is 44.4 Å². The molecule has 0 radical (unpaired) electrons. The smallest absolute Gasteiger partial charge is 0.289 e. The molecule has 32 heavy (non-hydrogen) atoms. The monoisotopic (exact) mass is 441 g/mol. The topological polar surface area (TPSA) is 113 Å². The minimum absolute atomic E-state index is 0.0645. The molecular formula is C22H27N5O5. The Labute approximate surface area is 186 Å². The maximum Gasteiger partial charge on any atom is 0.289 e. The number of ether oxygens (including phenoxy) is 1. The predicted octanol–water partition coefficient (Wildman–Crippen LogP) is 2.13. The molecule has 1 N–H and O–H groups in total. The summed E-state index contributed by atoms with van der Waals surface area (Å²) in [6.07, 6.45) is 2.52. The number of hydrogen-bond donors (Lipinski definition) is 1. The fourth-order valence-corrected chi connectivity index (χ4v) is 3.81. The third kappa shape index (κ3) is 5.44. The van der Waals surface area contributed by atoms with Gasteiger partial charge in [0.2, 0.25) is 0 Å². The number of piperazine rings is 1. The summed E-state index contributed by atoms with van der Waals surface area (Å²) in [4.78, 5) is 31.7. The third-order valence-corrected chi connectivity index (χ3v) is 5.73. The van der Waals surface area contributed by atoms with Gasteiger partial charge in [-0.05, 0) is 24.1 Å². The Morgan fingerprint density at radius 2 is 1.91 bits per heavy atom. The molecule has 0 spiro atoms. The van der Waals surface area contributed by atoms with Gasteiger partial charge < -0.3 is 24.3 Å². The standard InChI is InChI=1S/C22H27N5O5/c28-21(20-2-1-12-32-20)25-8-10-26(11-9-25)22(24-15-18-7-13-31-16-18)23-14-17-3-5-19(6-4-17)27(29)30/h1-6,12,18H,7-11,13-16H2,(H,23,24). The molecule has 170 valence electrons. The number of nitro benzene ring substituents is 1. The lowest BCUT2D eigenvalue weighted by Gasteiger charge is -2.36. The average molecular weight is 441 g/mol. The van der Waals surface area contributed by atoms with Gasteiger partial charge in [0.25, 0.3) is 11.6 Å². The van der Waals surface area contributed by atoms with Crippen LogP contribution >= 0.6 is 0 Å². The molecule has 2 aromatic rings. The summed E-state index contributed by atoms with van der Waals surface area (Å²) in [6, 6.07) is 9.83. The Morgan fingerprint density at radius 1 is 1.16 bits per heavy atom. The number of rotatable bonds is 6. The largest absolute Gasteiger partial charge is 0.459 e. The molecule has 1 atom stereocenters. The molecular weight excluding hydrogens is 414 g/mol. The summed E-state index contributed by atoms with van der Waals surface area (Å²) in [6.45, 7) is 5.16. The minimum Gasteiger partial charge on any atom is -0.459 e. The molecule has 0 bridgehead atoms. The lowest BCUT2D eigenvalue weighted by atomic mass is 10.1. The number of carbonyl (C=O) groups excluding carboxylic acids is 1. The summed E-state index contributed by atoms with van der Waals surface area (Å²) in [5.74, 6) is 1.47. The number of non-ortho nitro benzene ring substituents is 1. The maximum atomic E-state index is 12.5. The number of guanidine groups is 1. The number of benzene rings is 1. The van der Waals surface area contributed by atoms with Crippen LogP contribution in [0.15, 0.2) is 52.1 Å². The quantitative estimate of drug-likeness (QED) is 0.316. The van der Waals surface area contributed by atoms with Crippen molar-refractivity contribution < 1.29 is 18.9 Å². The highest BCUT2D eigenvalue weighted by atomic mass is 16.6. The first kappa shape index (κ1) is 21.8. The van der Waals surface area contributed by atoms with E-state index in [1.54, 1.807) is 29.2 Å². The highest BCUT2D eigenvalue weighted by Gasteiger charge is 2.26. The molecule has 3 heterocycles. The summed E-state index contributed by atoms with van der Waals surface area (Å²) in [5, 5.41) is 14.3. The number of nitro groups is 1. The summed E-state index contributed by atoms with van der Waals surface area (Å²) in [7, 11) is 0. The Morgan fingerprint density at radius 3 is 2.53 bits per heavy atom. The van der Waals surface area contributed by atoms with Gasteiger partial charge in [0.1, 0.15) is 0 Å². The fourth-order valence-electron chi connectivity index (χ4n) is 3.81. The van der Waals surface area contributed by atoms with Crippen LogP contribution in [-0.2, 0) is 11.3 Å². The molecule has 10 nitrogen and oxygen atoms in total. The number of carbonyl (C=O) groups is 1. The third-order valence-electron chi connectivity index (χ3n) is 5.73. The average Bonchev–Trinajstić information content (AvgIpc) is 3.54. The second-order valence-electron chi connectivity index (χ2n) is 7.93. The van der Waals surface area contributed by atoms with Crippen LogP contribution in [-0.4, -0.2) is 72.5 Å². The summed E-state index contributed by atoms with van der Waals surface area (Å²) in [5.41, 5.74) is 0.959. The zero-order valence-electron chi connectivity index (χ0n) is 17.8. The van der Waals surface area contributed by atoms with E-state index in [-0.39, 0.29) is 11.6 Å². The van der Waals surface area contributed by atoms with Gasteiger partial charge in [0.15, 0.2) is 11.7 Å². The lowest BCUT2D eigenvalue weighted by molar-refractivity contribution is -0.384. The molecule has 2 aliphatic heterocycles. The molecule has 10 heteroatoms. The van der Waals surface area contributed by atoms with Gasteiger partial charge in [0, 0.05) is 57.4 Å². The van der Waals surface area contributed by atoms with Crippen LogP contribution in [0.2, 0.25) is 0 Å². The van der Waals surface area contributed by atoms with E-state index in [9.17, 15) is 14.9 Å². The van der Waals surface area contributed by atoms with E-state index in [1.807, 2.05) is 0 Å². The van der Waals surface area contributed by atoms with E-state index >= 15 is 0 Å². The Balaban J connectivity index is 1.40. The number of aliphatic imine (C=N–C) groups is 1. The first-order valence-electron chi connectivity index (χ1n) is 10.8. The van der Waals surface area contributed by atoms with Crippen molar-refractivity contribution >= 4 is 17.6 Å². The van der Waals surface area contributed by atoms with Crippen LogP contribution in [0.1, 0.15) is 22.5 Å². The van der Waals surface area contributed by atoms with Crippen LogP contribution in [0.3, 0.4) is 0 Å². The normalized spacial score (nSPS) is 19.2. The number of nitrogens with zero attached hydrogens (tertiary/aromatic N) is 4. The van der Waals surface area contributed by atoms with Gasteiger partial charge in [0.05, 0.1) is 24.3 Å². The second-order valence-corrected chi connectivity index (χ2v) is 7.93. The zero-order valence-corrected chi connectivity index (χ0v) is 17.8. The number of amides is 1. The van der Waals surface area contributed by atoms with E-state index in [1.165, 1.54) is 18.4 Å².